The van der Waals surface area contributed by atoms with Crippen molar-refractivity contribution in [2.24, 2.45) is 5.92 Å². The van der Waals surface area contributed by atoms with Crippen LogP contribution in [-0.2, 0) is 6.54 Å². The lowest BCUT2D eigenvalue weighted by atomic mass is 10.2. The van der Waals surface area contributed by atoms with Gasteiger partial charge in [-0.3, -0.25) is 4.90 Å². The molecular weight excluding hydrogens is 236 g/mol. The van der Waals surface area contributed by atoms with Crippen LogP contribution in [0, 0.1) is 17.2 Å². The Hall–Kier alpha value is -1.86. The Bertz CT molecular complexity index is 606. The molecule has 2 rings (SSSR count). The lowest BCUT2D eigenvalue weighted by Crippen LogP contribution is -2.22. The first kappa shape index (κ1) is 13.6. The molecule has 0 N–H and O–H groups in total. The Labute approximate surface area is 114 Å². The molecule has 0 aliphatic heterocycles. The first-order chi connectivity index (χ1) is 9.04. The molecule has 0 radical (unpaired) electrons. The fraction of sp³-hybridized carbons (Fsp3) is 0.467. The second-order valence-electron chi connectivity index (χ2n) is 5.24. The van der Waals surface area contributed by atoms with Crippen LogP contribution in [0.1, 0.15) is 25.7 Å². The Kier molecular flexibility index (Phi) is 3.87. The molecule has 0 fully saturated rings. The van der Waals surface area contributed by atoms with E-state index < -0.39 is 0 Å². The molecule has 2 unspecified atom stereocenters. The van der Waals surface area contributed by atoms with Crippen molar-refractivity contribution in [1.82, 2.24) is 14.5 Å². The van der Waals surface area contributed by atoms with Crippen molar-refractivity contribution in [2.45, 2.75) is 26.4 Å². The average molecular weight is 256 g/mol. The first-order valence-electron chi connectivity index (χ1n) is 6.55. The normalized spacial score (nSPS) is 14.5. The minimum absolute atomic E-state index is 0.0225. The van der Waals surface area contributed by atoms with Gasteiger partial charge in [0.15, 0.2) is 0 Å². The first-order valence-corrected chi connectivity index (χ1v) is 6.55. The molecule has 2 atom stereocenters. The summed E-state index contributed by atoms with van der Waals surface area (Å²) in [5, 5.41) is 9.05. The number of hydrogen-bond donors (Lipinski definition) is 0. The quantitative estimate of drug-likeness (QED) is 0.845. The smallest absolute Gasteiger partial charge is 0.127 e. The SMILES string of the molecule is CC(C#N)Cn1c(C(C)N(C)C)nc2ccccc21. The minimum atomic E-state index is -0.0225. The fourth-order valence-corrected chi connectivity index (χ4v) is 2.15. The third kappa shape index (κ3) is 2.61. The highest BCUT2D eigenvalue weighted by Gasteiger charge is 2.19. The zero-order valence-electron chi connectivity index (χ0n) is 12.0. The van der Waals surface area contributed by atoms with Crippen LogP contribution in [-0.4, -0.2) is 28.5 Å². The number of rotatable bonds is 4. The van der Waals surface area contributed by atoms with E-state index in [0.29, 0.717) is 6.54 Å². The summed E-state index contributed by atoms with van der Waals surface area (Å²) in [6.45, 7) is 4.76. The summed E-state index contributed by atoms with van der Waals surface area (Å²) in [6.07, 6.45) is 0. The van der Waals surface area contributed by atoms with Gasteiger partial charge in [-0.2, -0.15) is 5.26 Å². The zero-order valence-corrected chi connectivity index (χ0v) is 12.0. The molecule has 2 aromatic rings. The summed E-state index contributed by atoms with van der Waals surface area (Å²) in [5.41, 5.74) is 2.10. The van der Waals surface area contributed by atoms with Crippen molar-refractivity contribution in [3.63, 3.8) is 0 Å². The minimum Gasteiger partial charge on any atom is -0.325 e. The molecule has 0 aliphatic rings. The lowest BCUT2D eigenvalue weighted by molar-refractivity contribution is 0.299. The summed E-state index contributed by atoms with van der Waals surface area (Å²) < 4.78 is 2.17. The van der Waals surface area contributed by atoms with Crippen molar-refractivity contribution in [3.05, 3.63) is 30.1 Å². The van der Waals surface area contributed by atoms with Crippen molar-refractivity contribution < 1.29 is 0 Å². The van der Waals surface area contributed by atoms with Crippen LogP contribution in [0.25, 0.3) is 11.0 Å². The molecule has 0 spiro atoms. The van der Waals surface area contributed by atoms with Crippen LogP contribution >= 0.6 is 0 Å². The van der Waals surface area contributed by atoms with E-state index in [2.05, 4.69) is 28.5 Å². The van der Waals surface area contributed by atoms with Crippen molar-refractivity contribution >= 4 is 11.0 Å². The van der Waals surface area contributed by atoms with E-state index in [1.54, 1.807) is 0 Å². The molecular formula is C15H20N4. The van der Waals surface area contributed by atoms with Gasteiger partial charge in [0, 0.05) is 6.54 Å². The predicted octanol–water partition coefficient (Wildman–Crippen LogP) is 2.82. The number of aromatic nitrogens is 2. The lowest BCUT2D eigenvalue weighted by Gasteiger charge is -2.21. The van der Waals surface area contributed by atoms with Gasteiger partial charge in [-0.25, -0.2) is 4.98 Å². The maximum absolute atomic E-state index is 9.05. The number of nitriles is 1. The van der Waals surface area contributed by atoms with E-state index in [1.165, 1.54) is 0 Å². The monoisotopic (exact) mass is 256 g/mol. The molecule has 100 valence electrons. The summed E-state index contributed by atoms with van der Waals surface area (Å²) in [6, 6.07) is 10.6. The molecule has 1 heterocycles. The van der Waals surface area contributed by atoms with E-state index in [9.17, 15) is 0 Å². The molecule has 0 bridgehead atoms. The van der Waals surface area contributed by atoms with E-state index in [4.69, 9.17) is 10.2 Å². The zero-order chi connectivity index (χ0) is 14.0. The summed E-state index contributed by atoms with van der Waals surface area (Å²) >= 11 is 0. The Morgan fingerprint density at radius 3 is 2.63 bits per heavy atom. The highest BCUT2D eigenvalue weighted by Crippen LogP contribution is 2.24. The van der Waals surface area contributed by atoms with Crippen LogP contribution in [0.5, 0.6) is 0 Å². The fourth-order valence-electron chi connectivity index (χ4n) is 2.15. The highest BCUT2D eigenvalue weighted by atomic mass is 15.2. The largest absolute Gasteiger partial charge is 0.325 e. The molecule has 0 aliphatic carbocycles. The second-order valence-corrected chi connectivity index (χ2v) is 5.24. The van der Waals surface area contributed by atoms with Crippen molar-refractivity contribution in [3.8, 4) is 6.07 Å². The predicted molar refractivity (Wildman–Crippen MR) is 76.6 cm³/mol. The Morgan fingerprint density at radius 1 is 1.32 bits per heavy atom. The van der Waals surface area contributed by atoms with Gasteiger partial charge in [0.05, 0.1) is 29.1 Å². The number of fused-ring (bicyclic) bond motifs is 1. The third-order valence-corrected chi connectivity index (χ3v) is 3.51. The van der Waals surface area contributed by atoms with Gasteiger partial charge in [0.2, 0.25) is 0 Å². The number of hydrogen-bond acceptors (Lipinski definition) is 3. The standard InChI is InChI=1S/C15H20N4/c1-11(9-16)10-19-14-8-6-5-7-13(14)17-15(19)12(2)18(3)4/h5-8,11-12H,10H2,1-4H3. The Morgan fingerprint density at radius 2 is 2.00 bits per heavy atom. The molecule has 0 saturated carbocycles. The number of benzene rings is 1. The van der Waals surface area contributed by atoms with Crippen molar-refractivity contribution in [1.29, 1.82) is 5.26 Å². The van der Waals surface area contributed by atoms with Gasteiger partial charge in [-0.05, 0) is 40.1 Å². The van der Waals surface area contributed by atoms with Crippen LogP contribution < -0.4 is 0 Å². The van der Waals surface area contributed by atoms with Gasteiger partial charge < -0.3 is 4.57 Å². The number of imidazole rings is 1. The van der Waals surface area contributed by atoms with Crippen LogP contribution in [0.4, 0.5) is 0 Å². The molecule has 19 heavy (non-hydrogen) atoms. The second kappa shape index (κ2) is 5.41. The molecule has 4 heteroatoms. The highest BCUT2D eigenvalue weighted by molar-refractivity contribution is 5.76. The van der Waals surface area contributed by atoms with Gasteiger partial charge >= 0.3 is 0 Å². The van der Waals surface area contributed by atoms with E-state index in [1.807, 2.05) is 39.2 Å². The Balaban J connectivity index is 2.55. The number of para-hydroxylation sites is 2. The number of nitrogens with zero attached hydrogens (tertiary/aromatic N) is 4. The van der Waals surface area contributed by atoms with E-state index in [-0.39, 0.29) is 12.0 Å². The average Bonchev–Trinajstić information content (AvgIpc) is 2.76. The van der Waals surface area contributed by atoms with Gasteiger partial charge in [-0.1, -0.05) is 12.1 Å². The molecule has 1 aromatic carbocycles. The van der Waals surface area contributed by atoms with E-state index in [0.717, 1.165) is 16.9 Å². The molecule has 1 aromatic heterocycles. The summed E-state index contributed by atoms with van der Waals surface area (Å²) in [5.74, 6) is 0.999. The maximum Gasteiger partial charge on any atom is 0.127 e. The summed E-state index contributed by atoms with van der Waals surface area (Å²) in [7, 11) is 4.09. The molecule has 4 nitrogen and oxygen atoms in total. The van der Waals surface area contributed by atoms with Crippen LogP contribution in [0.2, 0.25) is 0 Å². The van der Waals surface area contributed by atoms with Gasteiger partial charge in [0.1, 0.15) is 5.82 Å². The van der Waals surface area contributed by atoms with Gasteiger partial charge in [-0.15, -0.1) is 0 Å². The van der Waals surface area contributed by atoms with Crippen molar-refractivity contribution in [2.75, 3.05) is 14.1 Å². The van der Waals surface area contributed by atoms with Gasteiger partial charge in [0.25, 0.3) is 0 Å². The maximum atomic E-state index is 9.05. The summed E-state index contributed by atoms with van der Waals surface area (Å²) in [4.78, 5) is 6.87. The third-order valence-electron chi connectivity index (χ3n) is 3.51. The van der Waals surface area contributed by atoms with E-state index >= 15 is 0 Å². The molecule has 0 saturated heterocycles. The van der Waals surface area contributed by atoms with Crippen LogP contribution in [0.15, 0.2) is 24.3 Å². The van der Waals surface area contributed by atoms with Crippen LogP contribution in [0.3, 0.4) is 0 Å². The topological polar surface area (TPSA) is 44.9 Å². The molecule has 0 amide bonds.